The largest absolute Gasteiger partial charge is 0.468 e. The molecule has 1 rings (SSSR count). The van der Waals surface area contributed by atoms with Crippen molar-refractivity contribution in [3.05, 3.63) is 0 Å². The first-order chi connectivity index (χ1) is 6.69. The van der Waals surface area contributed by atoms with Gasteiger partial charge in [-0.3, -0.25) is 9.59 Å². The maximum absolute atomic E-state index is 11.2. The first-order valence-electron chi connectivity index (χ1n) is 4.68. The summed E-state index contributed by atoms with van der Waals surface area (Å²) in [5.41, 5.74) is 0. The van der Waals surface area contributed by atoms with Crippen LogP contribution in [-0.4, -0.2) is 18.9 Å². The van der Waals surface area contributed by atoms with E-state index in [-0.39, 0.29) is 11.7 Å². The highest BCUT2D eigenvalue weighted by atomic mass is 16.5. The van der Waals surface area contributed by atoms with E-state index in [1.165, 1.54) is 7.11 Å². The molecule has 1 saturated carbocycles. The molecular formula is C10H13NO3. The van der Waals surface area contributed by atoms with E-state index in [0.717, 1.165) is 12.8 Å². The molecule has 0 bridgehead atoms. The Bertz CT molecular complexity index is 280. The molecule has 0 aromatic carbocycles. The van der Waals surface area contributed by atoms with E-state index in [2.05, 4.69) is 4.74 Å². The van der Waals surface area contributed by atoms with Crippen LogP contribution >= 0.6 is 0 Å². The van der Waals surface area contributed by atoms with Gasteiger partial charge in [-0.05, 0) is 18.8 Å². The molecule has 0 radical (unpaired) electrons. The third-order valence-electron chi connectivity index (χ3n) is 2.59. The van der Waals surface area contributed by atoms with Gasteiger partial charge in [-0.25, -0.2) is 0 Å². The van der Waals surface area contributed by atoms with Gasteiger partial charge in [0.25, 0.3) is 0 Å². The second kappa shape index (κ2) is 4.75. The fourth-order valence-corrected chi connectivity index (χ4v) is 1.82. The summed E-state index contributed by atoms with van der Waals surface area (Å²) in [4.78, 5) is 22.3. The van der Waals surface area contributed by atoms with Crippen molar-refractivity contribution < 1.29 is 14.3 Å². The predicted molar refractivity (Wildman–Crippen MR) is 48.1 cm³/mol. The topological polar surface area (TPSA) is 67.2 Å². The Morgan fingerprint density at radius 3 is 2.93 bits per heavy atom. The van der Waals surface area contributed by atoms with E-state index in [4.69, 9.17) is 5.26 Å². The molecule has 0 aromatic heterocycles. The van der Waals surface area contributed by atoms with Crippen LogP contribution in [0.2, 0.25) is 0 Å². The SMILES string of the molecule is COC(=O)C(C#N)C1CCCC(=O)C1. The quantitative estimate of drug-likeness (QED) is 0.618. The molecule has 1 aliphatic carbocycles. The van der Waals surface area contributed by atoms with Gasteiger partial charge in [0.05, 0.1) is 13.2 Å². The monoisotopic (exact) mass is 195 g/mol. The minimum atomic E-state index is -0.774. The number of carbonyl (C=O) groups is 2. The highest BCUT2D eigenvalue weighted by Gasteiger charge is 2.32. The number of hydrogen-bond acceptors (Lipinski definition) is 4. The average molecular weight is 195 g/mol. The number of rotatable bonds is 2. The van der Waals surface area contributed by atoms with E-state index in [1.807, 2.05) is 6.07 Å². The number of esters is 1. The van der Waals surface area contributed by atoms with Gasteiger partial charge >= 0.3 is 5.97 Å². The van der Waals surface area contributed by atoms with Crippen molar-refractivity contribution in [2.75, 3.05) is 7.11 Å². The number of methoxy groups -OCH3 is 1. The number of nitriles is 1. The summed E-state index contributed by atoms with van der Waals surface area (Å²) in [7, 11) is 1.26. The molecule has 14 heavy (non-hydrogen) atoms. The summed E-state index contributed by atoms with van der Waals surface area (Å²) in [6.07, 6.45) is 2.46. The summed E-state index contributed by atoms with van der Waals surface area (Å²) in [6.45, 7) is 0. The molecule has 1 aliphatic rings. The lowest BCUT2D eigenvalue weighted by Gasteiger charge is -2.23. The van der Waals surface area contributed by atoms with E-state index in [9.17, 15) is 9.59 Å². The molecule has 0 heterocycles. The average Bonchev–Trinajstić information content (AvgIpc) is 2.19. The lowest BCUT2D eigenvalue weighted by Crippen LogP contribution is -2.28. The zero-order chi connectivity index (χ0) is 10.6. The second-order valence-electron chi connectivity index (χ2n) is 3.53. The Balaban J connectivity index is 2.65. The summed E-state index contributed by atoms with van der Waals surface area (Å²) in [5, 5.41) is 8.80. The van der Waals surface area contributed by atoms with Gasteiger partial charge in [-0.1, -0.05) is 0 Å². The molecule has 0 aliphatic heterocycles. The Morgan fingerprint density at radius 1 is 1.71 bits per heavy atom. The van der Waals surface area contributed by atoms with E-state index in [0.29, 0.717) is 12.8 Å². The van der Waals surface area contributed by atoms with Crippen LogP contribution in [0.5, 0.6) is 0 Å². The molecule has 2 unspecified atom stereocenters. The first-order valence-corrected chi connectivity index (χ1v) is 4.68. The van der Waals surface area contributed by atoms with Crippen LogP contribution in [0, 0.1) is 23.2 Å². The number of hydrogen-bond donors (Lipinski definition) is 0. The Kier molecular flexibility index (Phi) is 3.63. The Hall–Kier alpha value is -1.37. The Labute approximate surface area is 82.8 Å². The summed E-state index contributed by atoms with van der Waals surface area (Å²) < 4.78 is 4.52. The van der Waals surface area contributed by atoms with Gasteiger partial charge in [0.1, 0.15) is 11.7 Å². The first kappa shape index (κ1) is 10.7. The second-order valence-corrected chi connectivity index (χ2v) is 3.53. The summed E-state index contributed by atoms with van der Waals surface area (Å²) in [5.74, 6) is -1.30. The molecule has 0 amide bonds. The molecule has 76 valence electrons. The van der Waals surface area contributed by atoms with Crippen molar-refractivity contribution in [3.63, 3.8) is 0 Å². The van der Waals surface area contributed by atoms with Gasteiger partial charge < -0.3 is 4.74 Å². The predicted octanol–water partition coefficient (Wildman–Crippen LogP) is 1.06. The van der Waals surface area contributed by atoms with Crippen LogP contribution in [0.3, 0.4) is 0 Å². The van der Waals surface area contributed by atoms with Gasteiger partial charge in [0.15, 0.2) is 0 Å². The van der Waals surface area contributed by atoms with Crippen LogP contribution in [-0.2, 0) is 14.3 Å². The van der Waals surface area contributed by atoms with E-state index in [1.54, 1.807) is 0 Å². The van der Waals surface area contributed by atoms with Crippen molar-refractivity contribution in [1.82, 2.24) is 0 Å². The number of ketones is 1. The van der Waals surface area contributed by atoms with E-state index < -0.39 is 11.9 Å². The molecular weight excluding hydrogens is 182 g/mol. The van der Waals surface area contributed by atoms with Crippen molar-refractivity contribution in [2.24, 2.45) is 11.8 Å². The molecule has 0 N–H and O–H groups in total. The highest BCUT2D eigenvalue weighted by molar-refractivity contribution is 5.81. The van der Waals surface area contributed by atoms with Crippen LogP contribution in [0.25, 0.3) is 0 Å². The van der Waals surface area contributed by atoms with E-state index >= 15 is 0 Å². The summed E-state index contributed by atoms with van der Waals surface area (Å²) >= 11 is 0. The van der Waals surface area contributed by atoms with Crippen molar-refractivity contribution >= 4 is 11.8 Å². The van der Waals surface area contributed by atoms with Gasteiger partial charge in [0, 0.05) is 12.8 Å². The number of nitrogens with zero attached hydrogens (tertiary/aromatic N) is 1. The fourth-order valence-electron chi connectivity index (χ4n) is 1.82. The van der Waals surface area contributed by atoms with Gasteiger partial charge in [0.2, 0.25) is 0 Å². The van der Waals surface area contributed by atoms with Crippen LogP contribution < -0.4 is 0 Å². The van der Waals surface area contributed by atoms with Crippen molar-refractivity contribution in [3.8, 4) is 6.07 Å². The maximum atomic E-state index is 11.2. The normalized spacial score (nSPS) is 23.7. The maximum Gasteiger partial charge on any atom is 0.323 e. The zero-order valence-corrected chi connectivity index (χ0v) is 8.16. The van der Waals surface area contributed by atoms with Crippen molar-refractivity contribution in [2.45, 2.75) is 25.7 Å². The van der Waals surface area contributed by atoms with Gasteiger partial charge in [-0.15, -0.1) is 0 Å². The van der Waals surface area contributed by atoms with Crippen LogP contribution in [0.15, 0.2) is 0 Å². The molecule has 0 saturated heterocycles. The smallest absolute Gasteiger partial charge is 0.323 e. The zero-order valence-electron chi connectivity index (χ0n) is 8.16. The summed E-state index contributed by atoms with van der Waals surface area (Å²) in [6, 6.07) is 1.92. The van der Waals surface area contributed by atoms with Crippen LogP contribution in [0.4, 0.5) is 0 Å². The number of carbonyl (C=O) groups excluding carboxylic acids is 2. The third kappa shape index (κ3) is 2.32. The third-order valence-corrected chi connectivity index (χ3v) is 2.59. The minimum Gasteiger partial charge on any atom is -0.468 e. The minimum absolute atomic E-state index is 0.144. The molecule has 4 nitrogen and oxygen atoms in total. The lowest BCUT2D eigenvalue weighted by molar-refractivity contribution is -0.145. The molecule has 0 aromatic rings. The highest BCUT2D eigenvalue weighted by Crippen LogP contribution is 2.28. The standard InChI is InChI=1S/C10H13NO3/c1-14-10(13)9(6-11)7-3-2-4-8(12)5-7/h7,9H,2-5H2,1H3. The number of ether oxygens (including phenoxy) is 1. The van der Waals surface area contributed by atoms with Crippen LogP contribution in [0.1, 0.15) is 25.7 Å². The Morgan fingerprint density at radius 2 is 2.43 bits per heavy atom. The fraction of sp³-hybridized carbons (Fsp3) is 0.700. The van der Waals surface area contributed by atoms with Crippen molar-refractivity contribution in [1.29, 1.82) is 5.26 Å². The molecule has 1 fully saturated rings. The number of Topliss-reactive ketones (excluding diaryl/α,β-unsaturated/α-hetero) is 1. The van der Waals surface area contributed by atoms with Gasteiger partial charge in [-0.2, -0.15) is 5.26 Å². The molecule has 4 heteroatoms. The molecule has 0 spiro atoms. The lowest BCUT2D eigenvalue weighted by atomic mass is 9.80. The molecule has 2 atom stereocenters.